The van der Waals surface area contributed by atoms with Crippen LogP contribution in [-0.2, 0) is 10.0 Å². The van der Waals surface area contributed by atoms with E-state index in [1.165, 1.54) is 10.8 Å². The Kier molecular flexibility index (Phi) is 7.70. The van der Waals surface area contributed by atoms with Gasteiger partial charge in [0.1, 0.15) is 0 Å². The van der Waals surface area contributed by atoms with Crippen LogP contribution in [-0.4, -0.2) is 31.7 Å². The Bertz CT molecular complexity index is 425. The SMILES string of the molecule is CCC/C=C/C/C=C/C=C/CNN1CCCS1(=O)=O. The molecule has 0 unspecified atom stereocenters. The molecule has 0 aromatic carbocycles. The van der Waals surface area contributed by atoms with Crippen LogP contribution in [0.4, 0.5) is 0 Å². The summed E-state index contributed by atoms with van der Waals surface area (Å²) in [6, 6.07) is 0. The summed E-state index contributed by atoms with van der Waals surface area (Å²) in [6.07, 6.45) is 16.2. The van der Waals surface area contributed by atoms with Gasteiger partial charge in [-0.05, 0) is 19.3 Å². The highest BCUT2D eigenvalue weighted by atomic mass is 32.2. The van der Waals surface area contributed by atoms with Crippen LogP contribution < -0.4 is 5.43 Å². The van der Waals surface area contributed by atoms with Gasteiger partial charge in [0.2, 0.25) is 10.0 Å². The van der Waals surface area contributed by atoms with E-state index in [2.05, 4.69) is 30.6 Å². The van der Waals surface area contributed by atoms with Crippen LogP contribution >= 0.6 is 0 Å². The molecule has 1 N–H and O–H groups in total. The molecular weight excluding hydrogens is 260 g/mol. The van der Waals surface area contributed by atoms with Crippen LogP contribution in [0.1, 0.15) is 32.6 Å². The van der Waals surface area contributed by atoms with Gasteiger partial charge in [-0.25, -0.2) is 13.8 Å². The number of rotatable bonds is 8. The highest BCUT2D eigenvalue weighted by Gasteiger charge is 2.27. The first kappa shape index (κ1) is 16.1. The maximum atomic E-state index is 11.5. The van der Waals surface area contributed by atoms with Crippen molar-refractivity contribution in [1.82, 2.24) is 9.84 Å². The van der Waals surface area contributed by atoms with Gasteiger partial charge in [-0.1, -0.05) is 49.8 Å². The summed E-state index contributed by atoms with van der Waals surface area (Å²) in [5, 5.41) is 0. The molecule has 1 aliphatic rings. The molecule has 0 spiro atoms. The van der Waals surface area contributed by atoms with Crippen molar-refractivity contribution in [2.75, 3.05) is 18.8 Å². The molecule has 1 saturated heterocycles. The second-order valence-corrected chi connectivity index (χ2v) is 6.47. The first-order valence-corrected chi connectivity index (χ1v) is 8.48. The Labute approximate surface area is 116 Å². The van der Waals surface area contributed by atoms with E-state index in [4.69, 9.17) is 0 Å². The van der Waals surface area contributed by atoms with Gasteiger partial charge in [0.25, 0.3) is 0 Å². The number of sulfonamides is 1. The minimum atomic E-state index is -3.04. The topological polar surface area (TPSA) is 49.4 Å². The van der Waals surface area contributed by atoms with Crippen LogP contribution in [0.3, 0.4) is 0 Å². The second-order valence-electron chi connectivity index (χ2n) is 4.46. The highest BCUT2D eigenvalue weighted by Crippen LogP contribution is 2.09. The molecule has 0 amide bonds. The summed E-state index contributed by atoms with van der Waals surface area (Å²) >= 11 is 0. The molecule has 4 nitrogen and oxygen atoms in total. The lowest BCUT2D eigenvalue weighted by molar-refractivity contribution is 0.356. The Morgan fingerprint density at radius 1 is 1.16 bits per heavy atom. The minimum absolute atomic E-state index is 0.258. The van der Waals surface area contributed by atoms with E-state index in [0.717, 1.165) is 12.8 Å². The zero-order valence-corrected chi connectivity index (χ0v) is 12.4. The smallest absolute Gasteiger partial charge is 0.226 e. The lowest BCUT2D eigenvalue weighted by atomic mass is 10.2. The Morgan fingerprint density at radius 3 is 2.63 bits per heavy atom. The summed E-state index contributed by atoms with van der Waals surface area (Å²) in [7, 11) is -3.04. The summed E-state index contributed by atoms with van der Waals surface area (Å²) in [4.78, 5) is 0. The molecule has 0 atom stereocenters. The maximum absolute atomic E-state index is 11.5. The van der Waals surface area contributed by atoms with Crippen molar-refractivity contribution in [1.29, 1.82) is 0 Å². The van der Waals surface area contributed by atoms with Crippen molar-refractivity contribution >= 4 is 10.0 Å². The molecule has 0 radical (unpaired) electrons. The van der Waals surface area contributed by atoms with Crippen LogP contribution in [0.15, 0.2) is 36.5 Å². The van der Waals surface area contributed by atoms with Gasteiger partial charge in [0.15, 0.2) is 0 Å². The van der Waals surface area contributed by atoms with E-state index in [-0.39, 0.29) is 5.75 Å². The predicted molar refractivity (Wildman–Crippen MR) is 80.1 cm³/mol. The molecule has 19 heavy (non-hydrogen) atoms. The van der Waals surface area contributed by atoms with Gasteiger partial charge in [-0.3, -0.25) is 0 Å². The van der Waals surface area contributed by atoms with Gasteiger partial charge in [-0.2, -0.15) is 0 Å². The molecule has 5 heteroatoms. The van der Waals surface area contributed by atoms with Crippen molar-refractivity contribution < 1.29 is 8.42 Å². The average molecular weight is 284 g/mol. The van der Waals surface area contributed by atoms with Gasteiger partial charge in [0.05, 0.1) is 5.75 Å². The van der Waals surface area contributed by atoms with Crippen LogP contribution in [0, 0.1) is 0 Å². The number of unbranched alkanes of at least 4 members (excludes halogenated alkanes) is 1. The summed E-state index contributed by atoms with van der Waals surface area (Å²) in [5.41, 5.74) is 2.90. The van der Waals surface area contributed by atoms with E-state index in [1.54, 1.807) is 0 Å². The number of hydrogen-bond acceptors (Lipinski definition) is 3. The van der Waals surface area contributed by atoms with Gasteiger partial charge in [0, 0.05) is 13.1 Å². The van der Waals surface area contributed by atoms with Crippen LogP contribution in [0.5, 0.6) is 0 Å². The molecule has 0 aliphatic carbocycles. The van der Waals surface area contributed by atoms with Crippen LogP contribution in [0.2, 0.25) is 0 Å². The molecule has 108 valence electrons. The predicted octanol–water partition coefficient (Wildman–Crippen LogP) is 2.39. The third-order valence-electron chi connectivity index (χ3n) is 2.76. The van der Waals surface area contributed by atoms with E-state index in [1.807, 2.05) is 18.2 Å². The number of hydrazine groups is 1. The molecule has 1 aliphatic heterocycles. The summed E-state index contributed by atoms with van der Waals surface area (Å²) in [5.74, 6) is 0.258. The molecule has 1 heterocycles. The molecule has 0 aromatic heterocycles. The Morgan fingerprint density at radius 2 is 1.95 bits per heavy atom. The molecule has 1 fully saturated rings. The quantitative estimate of drug-likeness (QED) is 0.550. The zero-order valence-electron chi connectivity index (χ0n) is 11.6. The van der Waals surface area contributed by atoms with Crippen molar-refractivity contribution in [2.24, 2.45) is 0 Å². The fraction of sp³-hybridized carbons (Fsp3) is 0.571. The lowest BCUT2D eigenvalue weighted by Gasteiger charge is -2.13. The summed E-state index contributed by atoms with van der Waals surface area (Å²) < 4.78 is 24.3. The number of nitrogens with one attached hydrogen (secondary N) is 1. The molecule has 0 aromatic rings. The van der Waals surface area contributed by atoms with Crippen molar-refractivity contribution in [3.63, 3.8) is 0 Å². The minimum Gasteiger partial charge on any atom is -0.238 e. The molecule has 1 rings (SSSR count). The van der Waals surface area contributed by atoms with Crippen molar-refractivity contribution in [3.05, 3.63) is 36.5 Å². The van der Waals surface area contributed by atoms with Gasteiger partial charge in [-0.15, -0.1) is 4.41 Å². The lowest BCUT2D eigenvalue weighted by Crippen LogP contribution is -2.39. The fourth-order valence-electron chi connectivity index (χ4n) is 1.73. The van der Waals surface area contributed by atoms with E-state index in [9.17, 15) is 8.42 Å². The fourth-order valence-corrected chi connectivity index (χ4v) is 3.13. The molecular formula is C14H24N2O2S. The van der Waals surface area contributed by atoms with E-state index in [0.29, 0.717) is 19.5 Å². The standard InChI is InChI=1S/C14H24N2O2S/c1-2-3-4-5-6-7-8-9-10-12-15-16-13-11-14-19(16,17)18/h4-5,7-10,15H,2-3,6,11-14H2,1H3/b5-4+,8-7+,10-9+. The monoisotopic (exact) mass is 284 g/mol. The maximum Gasteiger partial charge on any atom is 0.226 e. The molecule has 0 bridgehead atoms. The van der Waals surface area contributed by atoms with E-state index >= 15 is 0 Å². The van der Waals surface area contributed by atoms with Gasteiger partial charge < -0.3 is 0 Å². The van der Waals surface area contributed by atoms with Crippen LogP contribution in [0.25, 0.3) is 0 Å². The first-order chi connectivity index (χ1) is 9.17. The molecule has 0 saturated carbocycles. The Hall–Kier alpha value is -0.910. The normalized spacial score (nSPS) is 20.3. The number of nitrogens with zero attached hydrogens (tertiary/aromatic N) is 1. The van der Waals surface area contributed by atoms with Crippen molar-refractivity contribution in [3.8, 4) is 0 Å². The highest BCUT2D eigenvalue weighted by molar-refractivity contribution is 7.89. The average Bonchev–Trinajstić information content (AvgIpc) is 2.71. The number of hydrogen-bond donors (Lipinski definition) is 1. The van der Waals surface area contributed by atoms with Gasteiger partial charge >= 0.3 is 0 Å². The number of allylic oxidation sites excluding steroid dienone is 5. The largest absolute Gasteiger partial charge is 0.238 e. The van der Waals surface area contributed by atoms with E-state index < -0.39 is 10.0 Å². The second kappa shape index (κ2) is 9.07. The first-order valence-electron chi connectivity index (χ1n) is 6.87. The van der Waals surface area contributed by atoms with Crippen molar-refractivity contribution in [2.45, 2.75) is 32.6 Å². The Balaban J connectivity index is 2.12. The summed E-state index contributed by atoms with van der Waals surface area (Å²) in [6.45, 7) is 3.28. The third-order valence-corrected chi connectivity index (χ3v) is 4.55. The third kappa shape index (κ3) is 6.71. The zero-order chi connectivity index (χ0) is 14.0.